The van der Waals surface area contributed by atoms with Crippen molar-refractivity contribution < 1.29 is 0 Å². The topological polar surface area (TPSA) is 6.48 Å². The van der Waals surface area contributed by atoms with Gasteiger partial charge in [-0.15, -0.1) is 0 Å². The van der Waals surface area contributed by atoms with E-state index in [0.717, 1.165) is 25.9 Å². The summed E-state index contributed by atoms with van der Waals surface area (Å²) in [6.45, 7) is 4.50. The third-order valence-corrected chi connectivity index (χ3v) is 13.0. The molecule has 1 saturated heterocycles. The van der Waals surface area contributed by atoms with E-state index in [2.05, 4.69) is 187 Å². The van der Waals surface area contributed by atoms with Gasteiger partial charge >= 0.3 is 0 Å². The monoisotopic (exact) mass is 708 g/mol. The average molecular weight is 709 g/mol. The first-order chi connectivity index (χ1) is 27.1. The van der Waals surface area contributed by atoms with Crippen LogP contribution in [0.2, 0.25) is 0 Å². The lowest BCUT2D eigenvalue weighted by Gasteiger charge is -2.50. The number of aryl methyl sites for hydroxylation is 1. The second-order valence-corrected chi connectivity index (χ2v) is 16.1. The van der Waals surface area contributed by atoms with Crippen LogP contribution in [0.5, 0.6) is 0 Å². The van der Waals surface area contributed by atoms with Gasteiger partial charge in [-0.3, -0.25) is 0 Å². The molecule has 2 aliphatic heterocycles. The Bertz CT molecular complexity index is 2880. The van der Waals surface area contributed by atoms with Crippen molar-refractivity contribution in [2.75, 3.05) is 22.9 Å². The molecule has 8 aromatic rings. The maximum absolute atomic E-state index is 2.68. The first kappa shape index (κ1) is 32.3. The normalized spacial score (nSPS) is 19.3. The van der Waals surface area contributed by atoms with Crippen molar-refractivity contribution >= 4 is 60.2 Å². The van der Waals surface area contributed by atoms with Gasteiger partial charge in [0.1, 0.15) is 0 Å². The molecule has 2 heteroatoms. The number of rotatable bonds is 4. The molecule has 11 rings (SSSR count). The van der Waals surface area contributed by atoms with Crippen molar-refractivity contribution in [3.05, 3.63) is 175 Å². The smallest absolute Gasteiger partial charge is 0.0622 e. The first-order valence-corrected chi connectivity index (χ1v) is 20.1. The fourth-order valence-corrected chi connectivity index (χ4v) is 10.2. The highest BCUT2D eigenvalue weighted by Crippen LogP contribution is 2.49. The van der Waals surface area contributed by atoms with Gasteiger partial charge in [0.15, 0.2) is 0 Å². The van der Waals surface area contributed by atoms with E-state index in [1.54, 1.807) is 0 Å². The van der Waals surface area contributed by atoms with Crippen LogP contribution in [0.25, 0.3) is 65.3 Å². The molecule has 8 aromatic carbocycles. The minimum Gasteiger partial charge on any atom is -0.362 e. The first-order valence-electron chi connectivity index (χ1n) is 20.1. The van der Waals surface area contributed by atoms with Crippen molar-refractivity contribution in [1.82, 2.24) is 0 Å². The summed E-state index contributed by atoms with van der Waals surface area (Å²) in [5.41, 5.74) is 10.4. The number of allylic oxidation sites excluding steroid dienone is 2. The van der Waals surface area contributed by atoms with Gasteiger partial charge in [0.25, 0.3) is 0 Å². The van der Waals surface area contributed by atoms with Crippen LogP contribution in [-0.4, -0.2) is 18.6 Å². The molecule has 0 radical (unpaired) electrons. The number of hydrogen-bond donors (Lipinski definition) is 0. The van der Waals surface area contributed by atoms with E-state index in [9.17, 15) is 0 Å². The largest absolute Gasteiger partial charge is 0.362 e. The molecule has 2 heterocycles. The molecule has 2 unspecified atom stereocenters. The van der Waals surface area contributed by atoms with E-state index in [4.69, 9.17) is 0 Å². The number of piperidine rings is 1. The van der Waals surface area contributed by atoms with Gasteiger partial charge in [-0.1, -0.05) is 127 Å². The number of fused-ring (bicyclic) bond motifs is 6. The molecule has 0 saturated carbocycles. The average Bonchev–Trinajstić information content (AvgIpc) is 3.24. The van der Waals surface area contributed by atoms with E-state index in [1.165, 1.54) is 101 Å². The summed E-state index contributed by atoms with van der Waals surface area (Å²) in [5.74, 6) is 0.505. The van der Waals surface area contributed by atoms with Gasteiger partial charge < -0.3 is 9.80 Å². The Hall–Kier alpha value is -6.12. The molecular formula is C53H44N2. The number of hydrogen-bond acceptors (Lipinski definition) is 2. The molecule has 266 valence electrons. The molecule has 0 N–H and O–H groups in total. The van der Waals surface area contributed by atoms with Crippen LogP contribution in [-0.2, 0) is 6.42 Å². The van der Waals surface area contributed by atoms with Crippen molar-refractivity contribution in [2.45, 2.75) is 38.1 Å². The lowest BCUT2D eigenvalue weighted by Crippen LogP contribution is -2.54. The summed E-state index contributed by atoms with van der Waals surface area (Å²) in [6, 6.07) is 55.3. The zero-order valence-electron chi connectivity index (χ0n) is 31.4. The summed E-state index contributed by atoms with van der Waals surface area (Å²) in [5, 5.41) is 10.3. The standard InChI is InChI=1S/C53H44N2/c1-53-29-9-8-18-43(53)19-11-31-55(53)45-26-28-47-49(35-45)52(42-24-22-37-13-3-5-16-40(37)33-42)46-27-25-44(54-30-10-17-38-14-6-7-20-50(38)54)34-48(46)51(47)41-23-21-36-12-2-4-15-39(36)32-41/h2-9,12-16,18,20-29,32-35,43H,10-11,17,19,30-31H2,1H3. The molecule has 2 atom stereocenters. The molecule has 1 fully saturated rings. The summed E-state index contributed by atoms with van der Waals surface area (Å²) < 4.78 is 0. The fourth-order valence-electron chi connectivity index (χ4n) is 10.2. The number of nitrogens with zero attached hydrogens (tertiary/aromatic N) is 2. The van der Waals surface area contributed by atoms with E-state index in [0.29, 0.717) is 5.92 Å². The highest BCUT2D eigenvalue weighted by Gasteiger charge is 2.40. The summed E-state index contributed by atoms with van der Waals surface area (Å²) >= 11 is 0. The summed E-state index contributed by atoms with van der Waals surface area (Å²) in [7, 11) is 0. The Balaban J connectivity index is 1.23. The van der Waals surface area contributed by atoms with E-state index >= 15 is 0 Å². The Kier molecular flexibility index (Phi) is 7.49. The Morgan fingerprint density at radius 1 is 0.527 bits per heavy atom. The predicted molar refractivity (Wildman–Crippen MR) is 236 cm³/mol. The van der Waals surface area contributed by atoms with Crippen LogP contribution < -0.4 is 9.80 Å². The van der Waals surface area contributed by atoms with Crippen molar-refractivity contribution in [3.8, 4) is 22.3 Å². The second-order valence-electron chi connectivity index (χ2n) is 16.1. The van der Waals surface area contributed by atoms with E-state index in [1.807, 2.05) is 0 Å². The SMILES string of the molecule is CC12C=CC=CC1CCCN2c1ccc2c(-c3ccc4ccccc4c3)c3cc(N4CCCc5ccccc54)ccc3c(-c3ccc4ccccc4c3)c2c1. The third-order valence-electron chi connectivity index (χ3n) is 13.0. The molecule has 0 amide bonds. The molecule has 0 aromatic heterocycles. The van der Waals surface area contributed by atoms with Crippen LogP contribution in [0.1, 0.15) is 31.7 Å². The van der Waals surface area contributed by atoms with Gasteiger partial charge in [-0.05, 0) is 146 Å². The highest BCUT2D eigenvalue weighted by molar-refractivity contribution is 6.23. The van der Waals surface area contributed by atoms with Crippen molar-refractivity contribution in [2.24, 2.45) is 5.92 Å². The molecule has 3 aliphatic rings. The number of benzene rings is 8. The summed E-state index contributed by atoms with van der Waals surface area (Å²) in [4.78, 5) is 5.23. The van der Waals surface area contributed by atoms with Gasteiger partial charge in [0.05, 0.1) is 5.54 Å². The maximum Gasteiger partial charge on any atom is 0.0622 e. The molecule has 0 spiro atoms. The van der Waals surface area contributed by atoms with E-state index < -0.39 is 0 Å². The van der Waals surface area contributed by atoms with Crippen molar-refractivity contribution in [3.63, 3.8) is 0 Å². The van der Waals surface area contributed by atoms with Crippen LogP contribution >= 0.6 is 0 Å². The molecule has 2 nitrogen and oxygen atoms in total. The Labute approximate surface area is 323 Å². The maximum atomic E-state index is 2.68. The minimum atomic E-state index is -0.0541. The minimum absolute atomic E-state index is 0.0541. The lowest BCUT2D eigenvalue weighted by molar-refractivity contribution is 0.316. The highest BCUT2D eigenvalue weighted by atomic mass is 15.2. The van der Waals surface area contributed by atoms with Crippen molar-refractivity contribution in [1.29, 1.82) is 0 Å². The van der Waals surface area contributed by atoms with Gasteiger partial charge in [0.2, 0.25) is 0 Å². The zero-order chi connectivity index (χ0) is 36.5. The van der Waals surface area contributed by atoms with Gasteiger partial charge in [-0.25, -0.2) is 0 Å². The fraction of sp³-hybridized carbons (Fsp3) is 0.170. The third kappa shape index (κ3) is 5.23. The molecule has 55 heavy (non-hydrogen) atoms. The predicted octanol–water partition coefficient (Wildman–Crippen LogP) is 13.8. The van der Waals surface area contributed by atoms with Crippen LogP contribution in [0, 0.1) is 5.92 Å². The number of anilines is 3. The quantitative estimate of drug-likeness (QED) is 0.168. The van der Waals surface area contributed by atoms with Gasteiger partial charge in [-0.2, -0.15) is 0 Å². The number of para-hydroxylation sites is 1. The molecular weight excluding hydrogens is 665 g/mol. The van der Waals surface area contributed by atoms with Crippen LogP contribution in [0.4, 0.5) is 17.1 Å². The molecule has 0 bridgehead atoms. The van der Waals surface area contributed by atoms with Crippen LogP contribution in [0.15, 0.2) is 170 Å². The Morgan fingerprint density at radius 3 is 1.85 bits per heavy atom. The zero-order valence-corrected chi connectivity index (χ0v) is 31.4. The lowest BCUT2D eigenvalue weighted by atomic mass is 9.75. The van der Waals surface area contributed by atoms with E-state index in [-0.39, 0.29) is 5.54 Å². The second kappa shape index (κ2) is 12.7. The van der Waals surface area contributed by atoms with Gasteiger partial charge in [0, 0.05) is 36.1 Å². The van der Waals surface area contributed by atoms with Crippen LogP contribution in [0.3, 0.4) is 0 Å². The molecule has 1 aliphatic carbocycles. The summed E-state index contributed by atoms with van der Waals surface area (Å²) in [6.07, 6.45) is 14.1. The Morgan fingerprint density at radius 2 is 1.15 bits per heavy atom.